The lowest BCUT2D eigenvalue weighted by atomic mass is 10.2. The highest BCUT2D eigenvalue weighted by Gasteiger charge is 2.05. The number of hydrogen-bond donors (Lipinski definition) is 1. The monoisotopic (exact) mass is 357 g/mol. The smallest absolute Gasteiger partial charge is 0.124 e. The number of rotatable bonds is 6. The van der Waals surface area contributed by atoms with Gasteiger partial charge >= 0.3 is 0 Å². The lowest BCUT2D eigenvalue weighted by Crippen LogP contribution is -2.04. The maximum atomic E-state index is 6.18. The highest BCUT2D eigenvalue weighted by molar-refractivity contribution is 6.33. The molecule has 0 radical (unpaired) electrons. The number of anilines is 1. The average Bonchev–Trinajstić information content (AvgIpc) is 2.61. The molecule has 0 heterocycles. The lowest BCUT2D eigenvalue weighted by molar-refractivity contribution is 0.303. The highest BCUT2D eigenvalue weighted by Crippen LogP contribution is 2.24. The van der Waals surface area contributed by atoms with E-state index in [0.29, 0.717) is 18.2 Å². The Kier molecular flexibility index (Phi) is 5.63. The van der Waals surface area contributed by atoms with Crippen molar-refractivity contribution >= 4 is 28.9 Å². The lowest BCUT2D eigenvalue weighted by Gasteiger charge is -2.13. The minimum atomic E-state index is 0.500. The summed E-state index contributed by atoms with van der Waals surface area (Å²) in [6, 6.07) is 23.3. The van der Waals surface area contributed by atoms with E-state index in [-0.39, 0.29) is 0 Å². The molecule has 1 N–H and O–H groups in total. The maximum Gasteiger partial charge on any atom is 0.124 e. The number of ether oxygens (including phenoxy) is 1. The molecular weight excluding hydrogens is 341 g/mol. The molecule has 0 bridgehead atoms. The third-order valence-electron chi connectivity index (χ3n) is 3.62. The molecular formula is C20H17Cl2NO. The van der Waals surface area contributed by atoms with Gasteiger partial charge in [-0.1, -0.05) is 65.7 Å². The molecule has 0 aliphatic carbocycles. The van der Waals surface area contributed by atoms with E-state index in [1.54, 1.807) is 0 Å². The van der Waals surface area contributed by atoms with Crippen LogP contribution < -0.4 is 10.1 Å². The van der Waals surface area contributed by atoms with Crippen molar-refractivity contribution in [2.24, 2.45) is 0 Å². The minimum absolute atomic E-state index is 0.500. The van der Waals surface area contributed by atoms with E-state index in [1.165, 1.54) is 0 Å². The molecule has 3 rings (SSSR count). The van der Waals surface area contributed by atoms with E-state index in [1.807, 2.05) is 72.8 Å². The van der Waals surface area contributed by atoms with Crippen LogP contribution in [0.3, 0.4) is 0 Å². The Morgan fingerprint density at radius 3 is 2.29 bits per heavy atom. The molecule has 0 amide bonds. The molecule has 0 aliphatic heterocycles. The van der Waals surface area contributed by atoms with Crippen LogP contribution in [0.4, 0.5) is 5.69 Å². The Balaban J connectivity index is 1.66. The average molecular weight is 358 g/mol. The van der Waals surface area contributed by atoms with Gasteiger partial charge in [-0.2, -0.15) is 0 Å². The van der Waals surface area contributed by atoms with Crippen LogP contribution >= 0.6 is 23.2 Å². The molecule has 4 heteroatoms. The molecule has 122 valence electrons. The topological polar surface area (TPSA) is 21.3 Å². The fourth-order valence-electron chi connectivity index (χ4n) is 2.33. The molecule has 0 saturated heterocycles. The molecule has 0 aliphatic rings. The van der Waals surface area contributed by atoms with Gasteiger partial charge in [0.15, 0.2) is 0 Å². The van der Waals surface area contributed by atoms with Gasteiger partial charge in [0.1, 0.15) is 12.4 Å². The number of para-hydroxylation sites is 2. The zero-order valence-electron chi connectivity index (χ0n) is 13.0. The summed E-state index contributed by atoms with van der Waals surface area (Å²) in [4.78, 5) is 0. The van der Waals surface area contributed by atoms with E-state index in [0.717, 1.165) is 27.6 Å². The van der Waals surface area contributed by atoms with Gasteiger partial charge in [-0.15, -0.1) is 0 Å². The van der Waals surface area contributed by atoms with Crippen molar-refractivity contribution < 1.29 is 4.74 Å². The molecule has 0 aromatic heterocycles. The first kappa shape index (κ1) is 16.7. The molecule has 0 atom stereocenters. The van der Waals surface area contributed by atoms with Gasteiger partial charge in [0.05, 0.1) is 10.7 Å². The van der Waals surface area contributed by atoms with Crippen molar-refractivity contribution in [3.8, 4) is 5.75 Å². The van der Waals surface area contributed by atoms with Gasteiger partial charge in [0.2, 0.25) is 0 Å². The van der Waals surface area contributed by atoms with Crippen molar-refractivity contribution in [2.75, 3.05) is 5.32 Å². The minimum Gasteiger partial charge on any atom is -0.489 e. The van der Waals surface area contributed by atoms with Crippen LogP contribution in [0.2, 0.25) is 10.0 Å². The Bertz CT molecular complexity index is 803. The van der Waals surface area contributed by atoms with E-state index in [4.69, 9.17) is 27.9 Å². The van der Waals surface area contributed by atoms with Gasteiger partial charge in [-0.25, -0.2) is 0 Å². The van der Waals surface area contributed by atoms with E-state index in [2.05, 4.69) is 5.32 Å². The number of benzene rings is 3. The second kappa shape index (κ2) is 8.09. The van der Waals surface area contributed by atoms with Crippen LogP contribution in [-0.4, -0.2) is 0 Å². The Labute approximate surface area is 152 Å². The second-order valence-corrected chi connectivity index (χ2v) is 6.20. The fraction of sp³-hybridized carbons (Fsp3) is 0.100. The van der Waals surface area contributed by atoms with Crippen LogP contribution in [0.1, 0.15) is 11.1 Å². The highest BCUT2D eigenvalue weighted by atomic mass is 35.5. The number of hydrogen-bond acceptors (Lipinski definition) is 2. The summed E-state index contributed by atoms with van der Waals surface area (Å²) in [6.45, 7) is 1.14. The summed E-state index contributed by atoms with van der Waals surface area (Å²) in [5, 5.41) is 4.78. The van der Waals surface area contributed by atoms with Gasteiger partial charge in [0, 0.05) is 17.1 Å². The van der Waals surface area contributed by atoms with Crippen LogP contribution in [0.15, 0.2) is 72.8 Å². The van der Waals surface area contributed by atoms with E-state index >= 15 is 0 Å². The van der Waals surface area contributed by atoms with Gasteiger partial charge in [-0.3, -0.25) is 0 Å². The standard InChI is InChI=1S/C20H17Cl2NO/c21-17-11-9-15(10-12-17)14-24-20-8-4-1-5-16(20)13-23-19-7-3-2-6-18(19)22/h1-12,23H,13-14H2. The zero-order valence-corrected chi connectivity index (χ0v) is 14.5. The van der Waals surface area contributed by atoms with Gasteiger partial charge in [-0.05, 0) is 35.9 Å². The summed E-state index contributed by atoms with van der Waals surface area (Å²) in [5.41, 5.74) is 3.06. The van der Waals surface area contributed by atoms with Crippen molar-refractivity contribution in [2.45, 2.75) is 13.2 Å². The first-order valence-electron chi connectivity index (χ1n) is 7.66. The molecule has 0 saturated carbocycles. The number of nitrogens with one attached hydrogen (secondary N) is 1. The Morgan fingerprint density at radius 2 is 1.50 bits per heavy atom. The normalized spacial score (nSPS) is 10.4. The van der Waals surface area contributed by atoms with Crippen molar-refractivity contribution in [1.29, 1.82) is 0 Å². The van der Waals surface area contributed by atoms with Crippen LogP contribution in [-0.2, 0) is 13.2 Å². The van der Waals surface area contributed by atoms with Crippen LogP contribution in [0, 0.1) is 0 Å². The van der Waals surface area contributed by atoms with Gasteiger partial charge in [0.25, 0.3) is 0 Å². The number of halogens is 2. The predicted octanol–water partition coefficient (Wildman–Crippen LogP) is 6.18. The molecule has 0 unspecified atom stereocenters. The summed E-state index contributed by atoms with van der Waals surface area (Å²) < 4.78 is 5.97. The summed E-state index contributed by atoms with van der Waals surface area (Å²) in [7, 11) is 0. The van der Waals surface area contributed by atoms with Gasteiger partial charge < -0.3 is 10.1 Å². The summed E-state index contributed by atoms with van der Waals surface area (Å²) >= 11 is 12.1. The second-order valence-electron chi connectivity index (χ2n) is 5.36. The molecule has 3 aromatic rings. The zero-order chi connectivity index (χ0) is 16.8. The third kappa shape index (κ3) is 4.44. The quantitative estimate of drug-likeness (QED) is 0.568. The molecule has 0 fully saturated rings. The molecule has 0 spiro atoms. The fourth-order valence-corrected chi connectivity index (χ4v) is 2.66. The maximum absolute atomic E-state index is 6.18. The van der Waals surface area contributed by atoms with Crippen molar-refractivity contribution in [3.05, 3.63) is 94.0 Å². The van der Waals surface area contributed by atoms with Crippen LogP contribution in [0.25, 0.3) is 0 Å². The third-order valence-corrected chi connectivity index (χ3v) is 4.20. The molecule has 24 heavy (non-hydrogen) atoms. The predicted molar refractivity (Wildman–Crippen MR) is 101 cm³/mol. The van der Waals surface area contributed by atoms with E-state index < -0.39 is 0 Å². The van der Waals surface area contributed by atoms with Crippen molar-refractivity contribution in [3.63, 3.8) is 0 Å². The van der Waals surface area contributed by atoms with Crippen molar-refractivity contribution in [1.82, 2.24) is 0 Å². The van der Waals surface area contributed by atoms with Crippen LogP contribution in [0.5, 0.6) is 5.75 Å². The first-order valence-corrected chi connectivity index (χ1v) is 8.41. The molecule has 2 nitrogen and oxygen atoms in total. The Morgan fingerprint density at radius 1 is 0.792 bits per heavy atom. The summed E-state index contributed by atoms with van der Waals surface area (Å²) in [5.74, 6) is 0.854. The Hall–Kier alpha value is -2.16. The largest absolute Gasteiger partial charge is 0.489 e. The van der Waals surface area contributed by atoms with E-state index in [9.17, 15) is 0 Å². The SMILES string of the molecule is Clc1ccc(COc2ccccc2CNc2ccccc2Cl)cc1. The first-order chi connectivity index (χ1) is 11.7. The molecule has 3 aromatic carbocycles. The summed E-state index contributed by atoms with van der Waals surface area (Å²) in [6.07, 6.45) is 0.